The van der Waals surface area contributed by atoms with Crippen molar-refractivity contribution in [3.8, 4) is 0 Å². The minimum absolute atomic E-state index is 0.929. The molecule has 1 N–H and O–H groups in total. The molecule has 1 aliphatic rings. The number of nitrogens with zero attached hydrogens (tertiary/aromatic N) is 2. The van der Waals surface area contributed by atoms with Crippen LogP contribution in [0.25, 0.3) is 10.8 Å². The summed E-state index contributed by atoms with van der Waals surface area (Å²) in [6, 6.07) is 15.2. The van der Waals surface area contributed by atoms with Crippen molar-refractivity contribution < 1.29 is 0 Å². The standard InChI is InChI=1S/C18H22BrN3/c19-8-9-20-10-12-22-13-11-21-18(22)14-16-6-3-5-15-4-1-2-7-17(15)16/h1-7,20H,8-14H2. The van der Waals surface area contributed by atoms with Gasteiger partial charge in [-0.25, -0.2) is 0 Å². The number of benzene rings is 2. The second-order valence-corrected chi connectivity index (χ2v) is 6.33. The average molecular weight is 360 g/mol. The summed E-state index contributed by atoms with van der Waals surface area (Å²) in [7, 11) is 0. The summed E-state index contributed by atoms with van der Waals surface area (Å²) < 4.78 is 0. The van der Waals surface area contributed by atoms with Crippen LogP contribution >= 0.6 is 15.9 Å². The van der Waals surface area contributed by atoms with E-state index in [-0.39, 0.29) is 0 Å². The summed E-state index contributed by atoms with van der Waals surface area (Å²) in [4.78, 5) is 7.14. The van der Waals surface area contributed by atoms with Crippen molar-refractivity contribution in [3.63, 3.8) is 0 Å². The van der Waals surface area contributed by atoms with E-state index in [4.69, 9.17) is 4.99 Å². The third-order valence-electron chi connectivity index (χ3n) is 4.09. The fourth-order valence-corrected chi connectivity index (χ4v) is 3.24. The predicted molar refractivity (Wildman–Crippen MR) is 98.2 cm³/mol. The summed E-state index contributed by atoms with van der Waals surface area (Å²) in [6.45, 7) is 5.05. The van der Waals surface area contributed by atoms with E-state index in [1.54, 1.807) is 0 Å². The molecule has 1 aliphatic heterocycles. The molecular weight excluding hydrogens is 338 g/mol. The zero-order valence-electron chi connectivity index (χ0n) is 12.8. The molecule has 0 atom stereocenters. The summed E-state index contributed by atoms with van der Waals surface area (Å²) in [6.07, 6.45) is 0.930. The topological polar surface area (TPSA) is 27.6 Å². The van der Waals surface area contributed by atoms with Crippen LogP contribution in [0.3, 0.4) is 0 Å². The Kier molecular flexibility index (Phi) is 5.46. The molecule has 3 rings (SSSR count). The molecule has 2 aromatic carbocycles. The van der Waals surface area contributed by atoms with Crippen molar-refractivity contribution in [2.45, 2.75) is 6.42 Å². The molecule has 2 aromatic rings. The molecule has 22 heavy (non-hydrogen) atoms. The van der Waals surface area contributed by atoms with Crippen molar-refractivity contribution in [2.75, 3.05) is 38.1 Å². The van der Waals surface area contributed by atoms with Gasteiger partial charge in [0.05, 0.1) is 6.54 Å². The molecule has 116 valence electrons. The third kappa shape index (κ3) is 3.68. The molecule has 4 heteroatoms. The molecule has 3 nitrogen and oxygen atoms in total. The molecule has 0 fully saturated rings. The SMILES string of the molecule is BrCCNCCN1CCN=C1Cc1cccc2ccccc12. The maximum Gasteiger partial charge on any atom is 0.103 e. The highest BCUT2D eigenvalue weighted by molar-refractivity contribution is 9.09. The van der Waals surface area contributed by atoms with E-state index < -0.39 is 0 Å². The normalized spacial score (nSPS) is 14.6. The summed E-state index contributed by atoms with van der Waals surface area (Å²) >= 11 is 3.44. The molecule has 1 heterocycles. The van der Waals surface area contributed by atoms with Crippen LogP contribution < -0.4 is 5.32 Å². The van der Waals surface area contributed by atoms with Crippen LogP contribution in [0, 0.1) is 0 Å². The number of fused-ring (bicyclic) bond motifs is 1. The van der Waals surface area contributed by atoms with Crippen LogP contribution in [-0.4, -0.2) is 48.8 Å². The Morgan fingerprint density at radius 1 is 1.09 bits per heavy atom. The second-order valence-electron chi connectivity index (χ2n) is 5.54. The molecular formula is C18H22BrN3. The second kappa shape index (κ2) is 7.75. The van der Waals surface area contributed by atoms with Gasteiger partial charge in [-0.2, -0.15) is 0 Å². The van der Waals surface area contributed by atoms with Crippen molar-refractivity contribution in [3.05, 3.63) is 48.0 Å². The first-order valence-corrected chi connectivity index (χ1v) is 9.02. The minimum atomic E-state index is 0.929. The fourth-order valence-electron chi connectivity index (χ4n) is 2.96. The van der Waals surface area contributed by atoms with Crippen LogP contribution in [-0.2, 0) is 6.42 Å². The van der Waals surface area contributed by atoms with E-state index in [9.17, 15) is 0 Å². The Morgan fingerprint density at radius 3 is 2.86 bits per heavy atom. The summed E-state index contributed by atoms with van der Waals surface area (Å²) in [5.74, 6) is 1.23. The lowest BCUT2D eigenvalue weighted by Gasteiger charge is -2.21. The first kappa shape index (κ1) is 15.5. The Balaban J connectivity index is 1.68. The van der Waals surface area contributed by atoms with Crippen molar-refractivity contribution in [2.24, 2.45) is 4.99 Å². The number of alkyl halides is 1. The minimum Gasteiger partial charge on any atom is -0.357 e. The van der Waals surface area contributed by atoms with Crippen molar-refractivity contribution in [1.29, 1.82) is 0 Å². The maximum atomic E-state index is 4.72. The lowest BCUT2D eigenvalue weighted by molar-refractivity contribution is 0.442. The van der Waals surface area contributed by atoms with Crippen LogP contribution in [0.15, 0.2) is 47.5 Å². The smallest absolute Gasteiger partial charge is 0.103 e. The Hall–Kier alpha value is -1.39. The fraction of sp³-hybridized carbons (Fsp3) is 0.389. The van der Waals surface area contributed by atoms with E-state index in [0.29, 0.717) is 0 Å². The Morgan fingerprint density at radius 2 is 1.95 bits per heavy atom. The van der Waals surface area contributed by atoms with Gasteiger partial charge in [0.25, 0.3) is 0 Å². The van der Waals surface area contributed by atoms with Crippen LogP contribution in [0.4, 0.5) is 0 Å². The molecule has 0 spiro atoms. The van der Waals surface area contributed by atoms with E-state index in [2.05, 4.69) is 68.6 Å². The van der Waals surface area contributed by atoms with Gasteiger partial charge in [-0.3, -0.25) is 4.99 Å². The van der Waals surface area contributed by atoms with Crippen LogP contribution in [0.1, 0.15) is 5.56 Å². The first-order chi connectivity index (χ1) is 10.9. The van der Waals surface area contributed by atoms with Gasteiger partial charge in [0, 0.05) is 37.9 Å². The van der Waals surface area contributed by atoms with Gasteiger partial charge in [0.2, 0.25) is 0 Å². The molecule has 0 bridgehead atoms. The number of hydrogen-bond acceptors (Lipinski definition) is 3. The van der Waals surface area contributed by atoms with Gasteiger partial charge < -0.3 is 10.2 Å². The number of nitrogens with one attached hydrogen (secondary N) is 1. The molecule has 0 aliphatic carbocycles. The number of halogens is 1. The largest absolute Gasteiger partial charge is 0.357 e. The van der Waals surface area contributed by atoms with Gasteiger partial charge in [-0.15, -0.1) is 0 Å². The van der Waals surface area contributed by atoms with E-state index >= 15 is 0 Å². The number of rotatable bonds is 7. The zero-order valence-corrected chi connectivity index (χ0v) is 14.3. The molecule has 0 saturated carbocycles. The zero-order chi connectivity index (χ0) is 15.2. The van der Waals surface area contributed by atoms with Gasteiger partial charge in [-0.1, -0.05) is 58.4 Å². The molecule has 0 radical (unpaired) electrons. The van der Waals surface area contributed by atoms with Crippen LogP contribution in [0.5, 0.6) is 0 Å². The van der Waals surface area contributed by atoms with E-state index in [1.165, 1.54) is 22.2 Å². The quantitative estimate of drug-likeness (QED) is 0.607. The maximum absolute atomic E-state index is 4.72. The highest BCUT2D eigenvalue weighted by atomic mass is 79.9. The van der Waals surface area contributed by atoms with Gasteiger partial charge in [0.15, 0.2) is 0 Å². The lowest BCUT2D eigenvalue weighted by Crippen LogP contribution is -2.36. The van der Waals surface area contributed by atoms with Gasteiger partial charge >= 0.3 is 0 Å². The molecule has 0 aromatic heterocycles. The Bertz CT molecular complexity index is 648. The van der Waals surface area contributed by atoms with Crippen LogP contribution in [0.2, 0.25) is 0 Å². The third-order valence-corrected chi connectivity index (χ3v) is 4.48. The molecule has 0 unspecified atom stereocenters. The summed E-state index contributed by atoms with van der Waals surface area (Å²) in [5.41, 5.74) is 1.37. The van der Waals surface area contributed by atoms with Crippen molar-refractivity contribution >= 4 is 32.5 Å². The summed E-state index contributed by atoms with van der Waals surface area (Å²) in [5, 5.41) is 7.09. The Labute approximate surface area is 140 Å². The number of amidine groups is 1. The number of aliphatic imine (C=N–C) groups is 1. The monoisotopic (exact) mass is 359 g/mol. The number of hydrogen-bond donors (Lipinski definition) is 1. The van der Waals surface area contributed by atoms with Gasteiger partial charge in [0.1, 0.15) is 5.84 Å². The highest BCUT2D eigenvalue weighted by Gasteiger charge is 2.17. The molecule has 0 saturated heterocycles. The van der Waals surface area contributed by atoms with E-state index in [0.717, 1.165) is 44.5 Å². The average Bonchev–Trinajstić information content (AvgIpc) is 2.99. The molecule has 0 amide bonds. The first-order valence-electron chi connectivity index (χ1n) is 7.90. The van der Waals surface area contributed by atoms with Gasteiger partial charge in [-0.05, 0) is 16.3 Å². The predicted octanol–water partition coefficient (Wildman–Crippen LogP) is 3.08. The lowest BCUT2D eigenvalue weighted by atomic mass is 10.0. The van der Waals surface area contributed by atoms with Crippen molar-refractivity contribution in [1.82, 2.24) is 10.2 Å². The van der Waals surface area contributed by atoms with E-state index in [1.807, 2.05) is 0 Å². The highest BCUT2D eigenvalue weighted by Crippen LogP contribution is 2.20.